The summed E-state index contributed by atoms with van der Waals surface area (Å²) in [5, 5.41) is 8.35. The minimum absolute atomic E-state index is 0.0189. The average molecular weight is 424 g/mol. The third-order valence-corrected chi connectivity index (χ3v) is 6.81. The van der Waals surface area contributed by atoms with E-state index in [1.165, 1.54) is 11.8 Å². The van der Waals surface area contributed by atoms with Gasteiger partial charge in [-0.15, -0.1) is 11.3 Å². The van der Waals surface area contributed by atoms with Gasteiger partial charge in [0, 0.05) is 17.5 Å². The van der Waals surface area contributed by atoms with Gasteiger partial charge in [0.25, 0.3) is 5.91 Å². The van der Waals surface area contributed by atoms with Crippen molar-refractivity contribution >= 4 is 34.7 Å². The molecule has 5 nitrogen and oxygen atoms in total. The molecule has 1 atom stereocenters. The number of nitrogens with zero attached hydrogens (tertiary/aromatic N) is 3. The highest BCUT2D eigenvalue weighted by Crippen LogP contribution is 2.34. The van der Waals surface area contributed by atoms with E-state index in [1.807, 2.05) is 66.9 Å². The lowest BCUT2D eigenvalue weighted by atomic mass is 9.98. The summed E-state index contributed by atoms with van der Waals surface area (Å²) in [6, 6.07) is 17.8. The van der Waals surface area contributed by atoms with E-state index in [4.69, 9.17) is 9.84 Å². The van der Waals surface area contributed by atoms with Crippen molar-refractivity contribution in [3.05, 3.63) is 76.8 Å². The number of rotatable bonds is 6. The topological polar surface area (TPSA) is 54.8 Å². The molecule has 0 N–H and O–H groups in total. The highest BCUT2D eigenvalue weighted by atomic mass is 32.2. The summed E-state index contributed by atoms with van der Waals surface area (Å²) in [4.78, 5) is 17.5. The second kappa shape index (κ2) is 8.80. The van der Waals surface area contributed by atoms with Crippen molar-refractivity contribution in [3.63, 3.8) is 0 Å². The SMILES string of the molecule is COc1ccc([C@@H]2CC(c3ccccc3)=NN2C(=O)CSc2nc(C)cs2)cc1. The molecule has 0 aliphatic carbocycles. The molecule has 29 heavy (non-hydrogen) atoms. The number of aromatic nitrogens is 1. The minimum atomic E-state index is -0.123. The fourth-order valence-corrected chi connectivity index (χ4v) is 4.92. The zero-order valence-electron chi connectivity index (χ0n) is 16.2. The van der Waals surface area contributed by atoms with Crippen LogP contribution in [0.4, 0.5) is 0 Å². The number of carbonyl (C=O) groups excluding carboxylic acids is 1. The predicted molar refractivity (Wildman–Crippen MR) is 118 cm³/mol. The highest BCUT2D eigenvalue weighted by Gasteiger charge is 2.33. The maximum atomic E-state index is 13.1. The summed E-state index contributed by atoms with van der Waals surface area (Å²) in [7, 11) is 1.65. The molecule has 2 heterocycles. The molecule has 1 aliphatic rings. The monoisotopic (exact) mass is 423 g/mol. The van der Waals surface area contributed by atoms with Crippen molar-refractivity contribution < 1.29 is 9.53 Å². The van der Waals surface area contributed by atoms with E-state index < -0.39 is 0 Å². The molecule has 4 rings (SSSR count). The Hall–Kier alpha value is -2.64. The highest BCUT2D eigenvalue weighted by molar-refractivity contribution is 8.01. The molecule has 148 valence electrons. The smallest absolute Gasteiger partial charge is 0.253 e. The van der Waals surface area contributed by atoms with Gasteiger partial charge in [-0.05, 0) is 30.2 Å². The summed E-state index contributed by atoms with van der Waals surface area (Å²) in [6.45, 7) is 1.96. The molecule has 0 spiro atoms. The standard InChI is InChI=1S/C22H21N3O2S2/c1-15-13-28-22(23-15)29-14-21(26)25-20(17-8-10-18(27-2)11-9-17)12-19(24-25)16-6-4-3-5-7-16/h3-11,13,20H,12,14H2,1-2H3/t20-/m0/s1. The third kappa shape index (κ3) is 4.52. The molecule has 7 heteroatoms. The van der Waals surface area contributed by atoms with Gasteiger partial charge in [0.15, 0.2) is 4.34 Å². The van der Waals surface area contributed by atoms with Crippen LogP contribution in [0.5, 0.6) is 5.75 Å². The van der Waals surface area contributed by atoms with E-state index in [0.717, 1.165) is 32.6 Å². The summed E-state index contributed by atoms with van der Waals surface area (Å²) in [5.41, 5.74) is 4.00. The van der Waals surface area contributed by atoms with Gasteiger partial charge in [-0.1, -0.05) is 54.2 Å². The van der Waals surface area contributed by atoms with Gasteiger partial charge in [-0.3, -0.25) is 4.79 Å². The first-order valence-corrected chi connectivity index (χ1v) is 11.1. The van der Waals surface area contributed by atoms with Gasteiger partial charge < -0.3 is 4.74 Å². The predicted octanol–water partition coefficient (Wildman–Crippen LogP) is 4.93. The molecule has 0 bridgehead atoms. The molecule has 1 aromatic heterocycles. The van der Waals surface area contributed by atoms with Gasteiger partial charge in [-0.2, -0.15) is 5.10 Å². The van der Waals surface area contributed by atoms with Gasteiger partial charge >= 0.3 is 0 Å². The van der Waals surface area contributed by atoms with Crippen LogP contribution < -0.4 is 4.74 Å². The molecule has 0 radical (unpaired) electrons. The van der Waals surface area contributed by atoms with Crippen molar-refractivity contribution in [2.24, 2.45) is 5.10 Å². The molecule has 0 fully saturated rings. The lowest BCUT2D eigenvalue weighted by Gasteiger charge is -2.22. The Morgan fingerprint density at radius 2 is 1.97 bits per heavy atom. The molecule has 0 saturated heterocycles. The van der Waals surface area contributed by atoms with Crippen LogP contribution in [0, 0.1) is 6.92 Å². The summed E-state index contributed by atoms with van der Waals surface area (Å²) >= 11 is 3.03. The Balaban J connectivity index is 1.57. The molecule has 0 unspecified atom stereocenters. The molecule has 2 aromatic carbocycles. The third-order valence-electron chi connectivity index (χ3n) is 4.69. The average Bonchev–Trinajstić information content (AvgIpc) is 3.39. The lowest BCUT2D eigenvalue weighted by molar-refractivity contribution is -0.130. The minimum Gasteiger partial charge on any atom is -0.497 e. The van der Waals surface area contributed by atoms with E-state index in [9.17, 15) is 4.79 Å². The number of amides is 1. The van der Waals surface area contributed by atoms with Crippen LogP contribution in [0.25, 0.3) is 0 Å². The van der Waals surface area contributed by atoms with Crippen LogP contribution >= 0.6 is 23.1 Å². The Bertz CT molecular complexity index is 1020. The fraction of sp³-hybridized carbons (Fsp3) is 0.227. The van der Waals surface area contributed by atoms with Crippen molar-refractivity contribution in [2.75, 3.05) is 12.9 Å². The van der Waals surface area contributed by atoms with Crippen LogP contribution in [-0.4, -0.2) is 34.5 Å². The number of methoxy groups -OCH3 is 1. The van der Waals surface area contributed by atoms with Crippen LogP contribution in [0.1, 0.15) is 29.3 Å². The molecule has 1 amide bonds. The van der Waals surface area contributed by atoms with Crippen LogP contribution in [0.2, 0.25) is 0 Å². The zero-order chi connectivity index (χ0) is 20.2. The van der Waals surface area contributed by atoms with Gasteiger partial charge in [0.2, 0.25) is 0 Å². The summed E-state index contributed by atoms with van der Waals surface area (Å²) < 4.78 is 6.17. The van der Waals surface area contributed by atoms with Crippen molar-refractivity contribution in [1.29, 1.82) is 0 Å². The Kier molecular flexibility index (Phi) is 5.97. The molecule has 3 aromatic rings. The van der Waals surface area contributed by atoms with E-state index >= 15 is 0 Å². The first-order valence-electron chi connectivity index (χ1n) is 9.28. The largest absolute Gasteiger partial charge is 0.497 e. The zero-order valence-corrected chi connectivity index (χ0v) is 17.9. The quantitative estimate of drug-likeness (QED) is 0.528. The Morgan fingerprint density at radius 1 is 1.21 bits per heavy atom. The summed E-state index contributed by atoms with van der Waals surface area (Å²) in [6.07, 6.45) is 0.684. The molecule has 0 saturated carbocycles. The summed E-state index contributed by atoms with van der Waals surface area (Å²) in [5.74, 6) is 1.09. The Morgan fingerprint density at radius 3 is 2.62 bits per heavy atom. The fourth-order valence-electron chi connectivity index (χ4n) is 3.22. The number of thioether (sulfide) groups is 1. The first-order chi connectivity index (χ1) is 14.1. The number of benzene rings is 2. The number of hydrogen-bond acceptors (Lipinski definition) is 6. The van der Waals surface area contributed by atoms with Crippen molar-refractivity contribution in [1.82, 2.24) is 9.99 Å². The van der Waals surface area contributed by atoms with Gasteiger partial charge in [0.1, 0.15) is 5.75 Å². The normalized spacial score (nSPS) is 16.0. The number of ether oxygens (including phenoxy) is 1. The second-order valence-electron chi connectivity index (χ2n) is 6.69. The van der Waals surface area contributed by atoms with Crippen molar-refractivity contribution in [3.8, 4) is 5.75 Å². The van der Waals surface area contributed by atoms with Gasteiger partial charge in [-0.25, -0.2) is 9.99 Å². The van der Waals surface area contributed by atoms with E-state index in [0.29, 0.717) is 12.2 Å². The number of aryl methyl sites for hydroxylation is 1. The Labute approximate surface area is 178 Å². The van der Waals surface area contributed by atoms with Gasteiger partial charge in [0.05, 0.1) is 24.6 Å². The lowest BCUT2D eigenvalue weighted by Crippen LogP contribution is -2.28. The van der Waals surface area contributed by atoms with E-state index in [2.05, 4.69) is 4.98 Å². The molecule has 1 aliphatic heterocycles. The van der Waals surface area contributed by atoms with Crippen molar-refractivity contribution in [2.45, 2.75) is 23.7 Å². The van der Waals surface area contributed by atoms with E-state index in [-0.39, 0.29) is 11.9 Å². The van der Waals surface area contributed by atoms with Crippen LogP contribution in [-0.2, 0) is 4.79 Å². The number of carbonyl (C=O) groups is 1. The molecular weight excluding hydrogens is 402 g/mol. The first kappa shape index (κ1) is 19.7. The second-order valence-corrected chi connectivity index (χ2v) is 8.77. The molecular formula is C22H21N3O2S2. The van der Waals surface area contributed by atoms with Crippen LogP contribution in [0.15, 0.2) is 69.4 Å². The number of thiazole rings is 1. The maximum Gasteiger partial charge on any atom is 0.253 e. The number of hydrogen-bond donors (Lipinski definition) is 0. The number of hydrazone groups is 1. The maximum absolute atomic E-state index is 13.1. The van der Waals surface area contributed by atoms with Crippen LogP contribution in [0.3, 0.4) is 0 Å². The van der Waals surface area contributed by atoms with E-state index in [1.54, 1.807) is 23.5 Å².